The third-order valence-electron chi connectivity index (χ3n) is 8.15. The summed E-state index contributed by atoms with van der Waals surface area (Å²) < 4.78 is 30.6. The zero-order valence-electron chi connectivity index (χ0n) is 21.8. The predicted octanol–water partition coefficient (Wildman–Crippen LogP) is 9.88. The van der Waals surface area contributed by atoms with Crippen LogP contribution in [-0.4, -0.2) is 12.7 Å². The summed E-state index contributed by atoms with van der Waals surface area (Å²) in [5, 5.41) is 0. The first-order chi connectivity index (χ1) is 17.6. The first-order valence-corrected chi connectivity index (χ1v) is 14.1. The SMILES string of the molecule is CCC/C=C/C1CCC(C2CCC(c3ccc(-c4ccc(CCCC=C(F)F)cc4)cc3)CC2)OC1. The van der Waals surface area contributed by atoms with Crippen molar-refractivity contribution in [3.63, 3.8) is 0 Å². The maximum Gasteiger partial charge on any atom is 0.266 e. The first-order valence-electron chi connectivity index (χ1n) is 14.1. The number of ether oxygens (including phenoxy) is 1. The number of aryl methyl sites for hydroxylation is 1. The van der Waals surface area contributed by atoms with Gasteiger partial charge in [-0.05, 0) is 104 Å². The Hall–Kier alpha value is -2.26. The minimum atomic E-state index is -1.58. The van der Waals surface area contributed by atoms with Crippen molar-refractivity contribution in [2.45, 2.75) is 89.6 Å². The fourth-order valence-electron chi connectivity index (χ4n) is 5.92. The lowest BCUT2D eigenvalue weighted by Crippen LogP contribution is -2.33. The third-order valence-corrected chi connectivity index (χ3v) is 8.15. The molecule has 1 nitrogen and oxygen atoms in total. The van der Waals surface area contributed by atoms with Gasteiger partial charge in [-0.2, -0.15) is 8.78 Å². The van der Waals surface area contributed by atoms with E-state index in [0.717, 1.165) is 31.4 Å². The molecule has 2 aromatic rings. The summed E-state index contributed by atoms with van der Waals surface area (Å²) in [6.45, 7) is 3.14. The molecule has 0 aromatic heterocycles. The molecule has 1 aliphatic carbocycles. The van der Waals surface area contributed by atoms with Crippen molar-refractivity contribution < 1.29 is 13.5 Å². The van der Waals surface area contributed by atoms with E-state index >= 15 is 0 Å². The number of halogens is 2. The Bertz CT molecular complexity index is 956. The Morgan fingerprint density at radius 1 is 0.861 bits per heavy atom. The Labute approximate surface area is 216 Å². The second-order valence-corrected chi connectivity index (χ2v) is 10.7. The molecule has 0 radical (unpaired) electrons. The van der Waals surface area contributed by atoms with Crippen LogP contribution >= 0.6 is 0 Å². The second kappa shape index (κ2) is 13.9. The zero-order chi connectivity index (χ0) is 25.2. The summed E-state index contributed by atoms with van der Waals surface area (Å²) in [5.41, 5.74) is 5.11. The summed E-state index contributed by atoms with van der Waals surface area (Å²) in [4.78, 5) is 0. The van der Waals surface area contributed by atoms with Crippen LogP contribution in [-0.2, 0) is 11.2 Å². The van der Waals surface area contributed by atoms with Crippen LogP contribution in [0.1, 0.15) is 88.2 Å². The third kappa shape index (κ3) is 7.87. The zero-order valence-corrected chi connectivity index (χ0v) is 21.8. The Morgan fingerprint density at radius 3 is 2.17 bits per heavy atom. The number of allylic oxidation sites excluding steroid dienone is 2. The van der Waals surface area contributed by atoms with E-state index in [4.69, 9.17) is 4.74 Å². The molecule has 0 spiro atoms. The summed E-state index contributed by atoms with van der Waals surface area (Å²) >= 11 is 0. The van der Waals surface area contributed by atoms with Crippen LogP contribution in [0.2, 0.25) is 0 Å². The van der Waals surface area contributed by atoms with Gasteiger partial charge in [0.15, 0.2) is 0 Å². The van der Waals surface area contributed by atoms with Crippen LogP contribution < -0.4 is 0 Å². The Kier molecular flexibility index (Phi) is 10.3. The van der Waals surface area contributed by atoms with Gasteiger partial charge in [-0.1, -0.05) is 74.0 Å². The van der Waals surface area contributed by atoms with Crippen LogP contribution in [0.5, 0.6) is 0 Å². The van der Waals surface area contributed by atoms with Crippen molar-refractivity contribution >= 4 is 0 Å². The second-order valence-electron chi connectivity index (χ2n) is 10.7. The maximum atomic E-state index is 12.1. The predicted molar refractivity (Wildman–Crippen MR) is 146 cm³/mol. The highest BCUT2D eigenvalue weighted by Gasteiger charge is 2.31. The van der Waals surface area contributed by atoms with E-state index in [2.05, 4.69) is 67.6 Å². The molecule has 1 aliphatic heterocycles. The fraction of sp³-hybridized carbons (Fsp3) is 0.515. The Morgan fingerprint density at radius 2 is 1.56 bits per heavy atom. The lowest BCUT2D eigenvalue weighted by atomic mass is 9.75. The van der Waals surface area contributed by atoms with Gasteiger partial charge >= 0.3 is 0 Å². The largest absolute Gasteiger partial charge is 0.377 e. The summed E-state index contributed by atoms with van der Waals surface area (Å²) in [7, 11) is 0. The van der Waals surface area contributed by atoms with E-state index < -0.39 is 6.08 Å². The normalized spacial score (nSPS) is 24.6. The van der Waals surface area contributed by atoms with Crippen LogP contribution in [0, 0.1) is 11.8 Å². The molecule has 36 heavy (non-hydrogen) atoms. The van der Waals surface area contributed by atoms with E-state index in [1.54, 1.807) is 0 Å². The lowest BCUT2D eigenvalue weighted by molar-refractivity contribution is -0.0470. The van der Waals surface area contributed by atoms with Crippen molar-refractivity contribution in [1.29, 1.82) is 0 Å². The standard InChI is InChI=1S/C33H42F2O/c1-2-3-4-8-26-12-23-32(36-24-26)31-21-19-30(20-22-31)29-17-15-28(16-18-29)27-13-10-25(11-14-27)7-5-6-9-33(34)35/h4,8-11,13-18,26,30-32H,2-3,5-7,12,19-24H2,1H3/b8-4+. The highest BCUT2D eigenvalue weighted by molar-refractivity contribution is 5.64. The number of hydrogen-bond donors (Lipinski definition) is 0. The molecule has 194 valence electrons. The number of unbranched alkanes of at least 4 members (excludes halogenated alkanes) is 2. The molecule has 3 heteroatoms. The highest BCUT2D eigenvalue weighted by Crippen LogP contribution is 2.40. The number of rotatable bonds is 10. The van der Waals surface area contributed by atoms with Crippen LogP contribution in [0.25, 0.3) is 11.1 Å². The summed E-state index contributed by atoms with van der Waals surface area (Å²) in [6, 6.07) is 17.7. The molecule has 4 rings (SSSR count). The maximum absolute atomic E-state index is 12.1. The molecular formula is C33H42F2O. The van der Waals surface area contributed by atoms with E-state index in [1.165, 1.54) is 73.6 Å². The smallest absolute Gasteiger partial charge is 0.266 e. The lowest BCUT2D eigenvalue weighted by Gasteiger charge is -2.37. The van der Waals surface area contributed by atoms with Crippen molar-refractivity contribution in [2.24, 2.45) is 11.8 Å². The molecular weight excluding hydrogens is 450 g/mol. The van der Waals surface area contributed by atoms with E-state index in [9.17, 15) is 8.78 Å². The molecule has 1 saturated carbocycles. The average Bonchev–Trinajstić information content (AvgIpc) is 2.92. The van der Waals surface area contributed by atoms with Gasteiger partial charge < -0.3 is 4.74 Å². The Balaban J connectivity index is 1.22. The quantitative estimate of drug-likeness (QED) is 0.237. The molecule has 2 fully saturated rings. The molecule has 0 bridgehead atoms. The first kappa shape index (κ1) is 26.8. The molecule has 2 aromatic carbocycles. The summed E-state index contributed by atoms with van der Waals surface area (Å²) in [5.74, 6) is 2.01. The van der Waals surface area contributed by atoms with Crippen LogP contribution in [0.3, 0.4) is 0 Å². The molecule has 2 atom stereocenters. The van der Waals surface area contributed by atoms with Crippen molar-refractivity contribution in [3.05, 3.63) is 84.0 Å². The van der Waals surface area contributed by atoms with Gasteiger partial charge in [0, 0.05) is 5.92 Å². The van der Waals surface area contributed by atoms with Gasteiger partial charge in [0.1, 0.15) is 0 Å². The molecule has 2 unspecified atom stereocenters. The molecule has 2 aliphatic rings. The number of benzene rings is 2. The van der Waals surface area contributed by atoms with Crippen molar-refractivity contribution in [1.82, 2.24) is 0 Å². The minimum Gasteiger partial charge on any atom is -0.377 e. The van der Waals surface area contributed by atoms with Gasteiger partial charge in [-0.25, -0.2) is 0 Å². The molecule has 1 saturated heterocycles. The molecule has 1 heterocycles. The molecule has 0 amide bonds. The van der Waals surface area contributed by atoms with E-state index in [0.29, 0.717) is 24.4 Å². The van der Waals surface area contributed by atoms with Crippen molar-refractivity contribution in [2.75, 3.05) is 6.61 Å². The van der Waals surface area contributed by atoms with Crippen LogP contribution in [0.4, 0.5) is 8.78 Å². The van der Waals surface area contributed by atoms with Crippen LogP contribution in [0.15, 0.2) is 72.8 Å². The topological polar surface area (TPSA) is 9.23 Å². The minimum absolute atomic E-state index is 0.429. The highest BCUT2D eigenvalue weighted by atomic mass is 19.3. The van der Waals surface area contributed by atoms with Gasteiger partial charge in [0.2, 0.25) is 0 Å². The van der Waals surface area contributed by atoms with Gasteiger partial charge in [-0.3, -0.25) is 0 Å². The fourth-order valence-corrected chi connectivity index (χ4v) is 5.92. The number of hydrogen-bond acceptors (Lipinski definition) is 1. The summed E-state index contributed by atoms with van der Waals surface area (Å²) in [6.07, 6.45) is 16.6. The van der Waals surface area contributed by atoms with Crippen molar-refractivity contribution in [3.8, 4) is 11.1 Å². The van der Waals surface area contributed by atoms with Gasteiger partial charge in [0.05, 0.1) is 12.7 Å². The monoisotopic (exact) mass is 492 g/mol. The molecule has 0 N–H and O–H groups in total. The van der Waals surface area contributed by atoms with E-state index in [-0.39, 0.29) is 0 Å². The van der Waals surface area contributed by atoms with E-state index in [1.807, 2.05) is 0 Å². The average molecular weight is 493 g/mol. The van der Waals surface area contributed by atoms with Gasteiger partial charge in [-0.15, -0.1) is 0 Å². The van der Waals surface area contributed by atoms with Gasteiger partial charge in [0.25, 0.3) is 6.08 Å².